The summed E-state index contributed by atoms with van der Waals surface area (Å²) in [6.07, 6.45) is 6.36. The molecule has 0 atom stereocenters. The Morgan fingerprint density at radius 1 is 1.15 bits per heavy atom. The topological polar surface area (TPSA) is 101 Å². The van der Waals surface area contributed by atoms with Gasteiger partial charge in [-0.05, 0) is 48.7 Å². The van der Waals surface area contributed by atoms with E-state index in [9.17, 15) is 8.42 Å². The Balaban J connectivity index is 1.63. The first-order valence-electron chi connectivity index (χ1n) is 8.62. The molecule has 2 aromatic rings. The molecule has 3 N–H and O–H groups in total. The van der Waals surface area contributed by atoms with E-state index in [1.807, 2.05) is 12.1 Å². The Labute approximate surface area is 154 Å². The number of rotatable bonds is 5. The minimum Gasteiger partial charge on any atom is -0.370 e. The third-order valence-electron chi connectivity index (χ3n) is 4.23. The molecule has 3 rings (SSSR count). The third kappa shape index (κ3) is 4.59. The molecule has 1 aromatic heterocycles. The molecule has 0 spiro atoms. The number of anilines is 1. The zero-order valence-electron chi connectivity index (χ0n) is 14.5. The van der Waals surface area contributed by atoms with Crippen LogP contribution in [-0.2, 0) is 16.6 Å². The number of hydrogen-bond acceptors (Lipinski definition) is 4. The molecule has 1 aromatic carbocycles. The van der Waals surface area contributed by atoms with Gasteiger partial charge in [-0.2, -0.15) is 4.31 Å². The lowest BCUT2D eigenvalue weighted by Crippen LogP contribution is -2.35. The number of nitrogens with zero attached hydrogens (tertiary/aromatic N) is 3. The Kier molecular flexibility index (Phi) is 5.85. The van der Waals surface area contributed by atoms with Crippen molar-refractivity contribution in [3.63, 3.8) is 0 Å². The van der Waals surface area contributed by atoms with Gasteiger partial charge in [0.1, 0.15) is 0 Å². The highest BCUT2D eigenvalue weighted by Gasteiger charge is 2.25. The summed E-state index contributed by atoms with van der Waals surface area (Å²) in [5, 5.41) is 2.97. The van der Waals surface area contributed by atoms with E-state index in [1.54, 1.807) is 41.0 Å². The normalized spacial score (nSPS) is 16.4. The van der Waals surface area contributed by atoms with Crippen molar-refractivity contribution >= 4 is 21.7 Å². The van der Waals surface area contributed by atoms with Gasteiger partial charge < -0.3 is 11.1 Å². The maximum Gasteiger partial charge on any atom is 0.243 e. The molecule has 2 heterocycles. The fourth-order valence-electron chi connectivity index (χ4n) is 2.82. The zero-order chi connectivity index (χ0) is 18.4. The van der Waals surface area contributed by atoms with Crippen LogP contribution in [0.25, 0.3) is 0 Å². The number of pyridine rings is 1. The van der Waals surface area contributed by atoms with Crippen molar-refractivity contribution in [3.05, 3.63) is 54.4 Å². The first-order valence-corrected chi connectivity index (χ1v) is 10.1. The number of hydrogen-bond donors (Lipinski definition) is 2. The van der Waals surface area contributed by atoms with Gasteiger partial charge in [0.25, 0.3) is 0 Å². The largest absolute Gasteiger partial charge is 0.370 e. The number of benzene rings is 1. The number of nitrogens with one attached hydrogen (secondary N) is 1. The number of guanidine groups is 1. The van der Waals surface area contributed by atoms with Crippen molar-refractivity contribution in [2.45, 2.75) is 30.7 Å². The summed E-state index contributed by atoms with van der Waals surface area (Å²) in [6.45, 7) is 1.61. The minimum atomic E-state index is -3.42. The van der Waals surface area contributed by atoms with Gasteiger partial charge in [0.15, 0.2) is 5.96 Å². The minimum absolute atomic E-state index is 0.264. The molecule has 0 saturated carbocycles. The molecular weight excluding hydrogens is 350 g/mol. The average molecular weight is 373 g/mol. The van der Waals surface area contributed by atoms with Crippen LogP contribution in [0.2, 0.25) is 0 Å². The summed E-state index contributed by atoms with van der Waals surface area (Å²) >= 11 is 0. The Morgan fingerprint density at radius 3 is 2.54 bits per heavy atom. The van der Waals surface area contributed by atoms with Crippen LogP contribution < -0.4 is 11.1 Å². The van der Waals surface area contributed by atoms with Gasteiger partial charge in [-0.15, -0.1) is 0 Å². The molecule has 7 nitrogen and oxygen atoms in total. The third-order valence-corrected chi connectivity index (χ3v) is 6.15. The van der Waals surface area contributed by atoms with Gasteiger partial charge in [0, 0.05) is 31.2 Å². The highest BCUT2D eigenvalue weighted by atomic mass is 32.2. The molecule has 1 saturated heterocycles. The van der Waals surface area contributed by atoms with Crippen LogP contribution in [0.15, 0.2) is 58.7 Å². The van der Waals surface area contributed by atoms with E-state index in [4.69, 9.17) is 5.73 Å². The van der Waals surface area contributed by atoms with Crippen LogP contribution in [0, 0.1) is 0 Å². The number of aliphatic imine (C=N–C) groups is 1. The zero-order valence-corrected chi connectivity index (χ0v) is 15.3. The van der Waals surface area contributed by atoms with Crippen LogP contribution in [0.5, 0.6) is 0 Å². The smallest absolute Gasteiger partial charge is 0.243 e. The molecule has 1 aliphatic heterocycles. The standard InChI is InChI=1S/C18H23N5O2S/c19-18(21-14-15-5-4-10-20-13-15)22-16-6-8-17(9-7-16)26(24,25)23-11-2-1-3-12-23/h4-10,13H,1-3,11-12,14H2,(H3,19,21,22). The summed E-state index contributed by atoms with van der Waals surface area (Å²) in [7, 11) is -3.42. The summed E-state index contributed by atoms with van der Waals surface area (Å²) in [5.74, 6) is 0.264. The van der Waals surface area contributed by atoms with E-state index in [-0.39, 0.29) is 5.96 Å². The first kappa shape index (κ1) is 18.3. The van der Waals surface area contributed by atoms with E-state index in [2.05, 4.69) is 15.3 Å². The van der Waals surface area contributed by atoms with Gasteiger partial charge in [0.05, 0.1) is 11.4 Å². The first-order chi connectivity index (χ1) is 12.6. The maximum absolute atomic E-state index is 12.6. The molecule has 0 unspecified atom stereocenters. The molecule has 0 amide bonds. The van der Waals surface area contributed by atoms with Gasteiger partial charge in [-0.3, -0.25) is 4.98 Å². The number of sulfonamides is 1. The van der Waals surface area contributed by atoms with Gasteiger partial charge in [-0.25, -0.2) is 13.4 Å². The van der Waals surface area contributed by atoms with Crippen molar-refractivity contribution in [2.75, 3.05) is 18.4 Å². The van der Waals surface area contributed by atoms with E-state index in [0.29, 0.717) is 30.2 Å². The fraction of sp³-hybridized carbons (Fsp3) is 0.333. The highest BCUT2D eigenvalue weighted by Crippen LogP contribution is 2.21. The predicted octanol–water partition coefficient (Wildman–Crippen LogP) is 2.18. The van der Waals surface area contributed by atoms with Crippen LogP contribution in [0.4, 0.5) is 5.69 Å². The van der Waals surface area contributed by atoms with E-state index >= 15 is 0 Å². The second-order valence-electron chi connectivity index (χ2n) is 6.18. The quantitative estimate of drug-likeness (QED) is 0.618. The number of aromatic nitrogens is 1. The van der Waals surface area contributed by atoms with Gasteiger partial charge >= 0.3 is 0 Å². The molecule has 0 aliphatic carbocycles. The van der Waals surface area contributed by atoms with E-state index < -0.39 is 10.0 Å². The highest BCUT2D eigenvalue weighted by molar-refractivity contribution is 7.89. The molecule has 0 radical (unpaired) electrons. The van der Waals surface area contributed by atoms with Crippen LogP contribution in [0.1, 0.15) is 24.8 Å². The second-order valence-corrected chi connectivity index (χ2v) is 8.11. The molecule has 26 heavy (non-hydrogen) atoms. The lowest BCUT2D eigenvalue weighted by Gasteiger charge is -2.25. The lowest BCUT2D eigenvalue weighted by molar-refractivity contribution is 0.346. The van der Waals surface area contributed by atoms with Gasteiger partial charge in [0.2, 0.25) is 10.0 Å². The Hall–Kier alpha value is -2.45. The second kappa shape index (κ2) is 8.29. The predicted molar refractivity (Wildman–Crippen MR) is 102 cm³/mol. The molecular formula is C18H23N5O2S. The number of piperidine rings is 1. The van der Waals surface area contributed by atoms with E-state index in [0.717, 1.165) is 24.8 Å². The molecule has 0 bridgehead atoms. The molecule has 8 heteroatoms. The molecule has 1 fully saturated rings. The number of nitrogens with two attached hydrogens (primary N) is 1. The van der Waals surface area contributed by atoms with Crippen LogP contribution in [0.3, 0.4) is 0 Å². The van der Waals surface area contributed by atoms with E-state index in [1.165, 1.54) is 0 Å². The summed E-state index contributed by atoms with van der Waals surface area (Å²) in [6, 6.07) is 10.4. The monoisotopic (exact) mass is 373 g/mol. The average Bonchev–Trinajstić information content (AvgIpc) is 2.68. The van der Waals surface area contributed by atoms with Crippen LogP contribution >= 0.6 is 0 Å². The SMILES string of the molecule is NC(=NCc1cccnc1)Nc1ccc(S(=O)(=O)N2CCCCC2)cc1. The van der Waals surface area contributed by atoms with Crippen molar-refractivity contribution < 1.29 is 8.42 Å². The fourth-order valence-corrected chi connectivity index (χ4v) is 4.34. The van der Waals surface area contributed by atoms with Gasteiger partial charge in [-0.1, -0.05) is 12.5 Å². The van der Waals surface area contributed by atoms with Crippen LogP contribution in [-0.4, -0.2) is 36.8 Å². The maximum atomic E-state index is 12.6. The van der Waals surface area contributed by atoms with Crippen molar-refractivity contribution in [2.24, 2.45) is 10.7 Å². The molecule has 1 aliphatic rings. The Bertz CT molecular complexity index is 845. The Morgan fingerprint density at radius 2 is 1.88 bits per heavy atom. The van der Waals surface area contributed by atoms with Crippen molar-refractivity contribution in [1.29, 1.82) is 0 Å². The summed E-state index contributed by atoms with van der Waals surface area (Å²) in [5.41, 5.74) is 7.53. The summed E-state index contributed by atoms with van der Waals surface area (Å²) in [4.78, 5) is 8.58. The summed E-state index contributed by atoms with van der Waals surface area (Å²) < 4.78 is 26.8. The van der Waals surface area contributed by atoms with Crippen molar-refractivity contribution in [1.82, 2.24) is 9.29 Å². The molecule has 138 valence electrons. The lowest BCUT2D eigenvalue weighted by atomic mass is 10.2. The van der Waals surface area contributed by atoms with Crippen molar-refractivity contribution in [3.8, 4) is 0 Å².